The molecule has 0 radical (unpaired) electrons. The van der Waals surface area contributed by atoms with Gasteiger partial charge in [-0.1, -0.05) is 27.5 Å². The van der Waals surface area contributed by atoms with Crippen molar-refractivity contribution in [3.8, 4) is 0 Å². The SMILES string of the molecule is O=C(NN1C(=O)c2ccc(Br)cc2C1=O)c1ccc(Cl)cc1. The molecule has 0 atom stereocenters. The molecule has 0 unspecified atom stereocenters. The van der Waals surface area contributed by atoms with E-state index in [0.717, 1.165) is 0 Å². The van der Waals surface area contributed by atoms with Crippen molar-refractivity contribution in [2.24, 2.45) is 0 Å². The molecule has 7 heteroatoms. The fraction of sp³-hybridized carbons (Fsp3) is 0. The first-order valence-electron chi connectivity index (χ1n) is 6.22. The normalized spacial score (nSPS) is 13.3. The Kier molecular flexibility index (Phi) is 3.72. The molecule has 0 bridgehead atoms. The van der Waals surface area contributed by atoms with E-state index < -0.39 is 17.7 Å². The average molecular weight is 380 g/mol. The number of hydrogen-bond donors (Lipinski definition) is 1. The van der Waals surface area contributed by atoms with E-state index in [9.17, 15) is 14.4 Å². The predicted molar refractivity (Wildman–Crippen MR) is 83.6 cm³/mol. The number of halogens is 2. The zero-order valence-corrected chi connectivity index (χ0v) is 13.3. The van der Waals surface area contributed by atoms with Gasteiger partial charge in [-0.25, -0.2) is 0 Å². The average Bonchev–Trinajstić information content (AvgIpc) is 2.72. The third-order valence-electron chi connectivity index (χ3n) is 3.17. The minimum atomic E-state index is -0.566. The maximum atomic E-state index is 12.2. The minimum absolute atomic E-state index is 0.246. The molecule has 0 aromatic heterocycles. The van der Waals surface area contributed by atoms with Crippen LogP contribution in [0.1, 0.15) is 31.1 Å². The predicted octanol–water partition coefficient (Wildman–Crippen LogP) is 3.04. The van der Waals surface area contributed by atoms with Gasteiger partial charge >= 0.3 is 0 Å². The lowest BCUT2D eigenvalue weighted by atomic mass is 10.1. The fourth-order valence-corrected chi connectivity index (χ4v) is 2.57. The quantitative estimate of drug-likeness (QED) is 0.816. The molecule has 2 aromatic carbocycles. The number of carbonyl (C=O) groups excluding carboxylic acids is 3. The molecule has 2 aromatic rings. The molecule has 5 nitrogen and oxygen atoms in total. The molecule has 1 N–H and O–H groups in total. The maximum Gasteiger partial charge on any atom is 0.280 e. The van der Waals surface area contributed by atoms with Crippen molar-refractivity contribution < 1.29 is 14.4 Å². The van der Waals surface area contributed by atoms with Crippen molar-refractivity contribution in [1.29, 1.82) is 0 Å². The smallest absolute Gasteiger partial charge is 0.267 e. The van der Waals surface area contributed by atoms with E-state index in [0.29, 0.717) is 20.1 Å². The summed E-state index contributed by atoms with van der Waals surface area (Å²) in [4.78, 5) is 36.5. The second-order valence-corrected chi connectivity index (χ2v) is 5.94. The van der Waals surface area contributed by atoms with Crippen molar-refractivity contribution in [2.45, 2.75) is 0 Å². The van der Waals surface area contributed by atoms with Crippen LogP contribution in [0.25, 0.3) is 0 Å². The minimum Gasteiger partial charge on any atom is -0.267 e. The van der Waals surface area contributed by atoms with Crippen molar-refractivity contribution >= 4 is 45.3 Å². The van der Waals surface area contributed by atoms with Crippen LogP contribution in [0.2, 0.25) is 5.02 Å². The Morgan fingerprint density at radius 3 is 2.32 bits per heavy atom. The third-order valence-corrected chi connectivity index (χ3v) is 3.91. The van der Waals surface area contributed by atoms with Crippen LogP contribution in [0.4, 0.5) is 0 Å². The first kappa shape index (κ1) is 14.7. The monoisotopic (exact) mass is 378 g/mol. The molecule has 3 amide bonds. The van der Waals surface area contributed by atoms with Crippen LogP contribution in [-0.2, 0) is 0 Å². The highest BCUT2D eigenvalue weighted by Gasteiger charge is 2.37. The summed E-state index contributed by atoms with van der Waals surface area (Å²) in [7, 11) is 0. The van der Waals surface area contributed by atoms with Gasteiger partial charge in [0.1, 0.15) is 0 Å². The van der Waals surface area contributed by atoms with Gasteiger partial charge in [0, 0.05) is 15.1 Å². The van der Waals surface area contributed by atoms with Gasteiger partial charge in [-0.3, -0.25) is 19.8 Å². The third kappa shape index (κ3) is 2.51. The fourth-order valence-electron chi connectivity index (χ4n) is 2.08. The van der Waals surface area contributed by atoms with Gasteiger partial charge in [-0.05, 0) is 42.5 Å². The lowest BCUT2D eigenvalue weighted by Gasteiger charge is -2.14. The van der Waals surface area contributed by atoms with Crippen LogP contribution in [0.3, 0.4) is 0 Å². The summed E-state index contributed by atoms with van der Waals surface area (Å²) in [6, 6.07) is 10.9. The lowest BCUT2D eigenvalue weighted by molar-refractivity contribution is 0.0518. The van der Waals surface area contributed by atoms with Crippen molar-refractivity contribution in [3.05, 3.63) is 68.7 Å². The Morgan fingerprint density at radius 1 is 1.00 bits per heavy atom. The zero-order valence-electron chi connectivity index (χ0n) is 11.0. The summed E-state index contributed by atoms with van der Waals surface area (Å²) in [6.45, 7) is 0. The Morgan fingerprint density at radius 2 is 1.64 bits per heavy atom. The summed E-state index contributed by atoms with van der Waals surface area (Å²) in [5.74, 6) is -1.69. The summed E-state index contributed by atoms with van der Waals surface area (Å²) in [5, 5.41) is 1.20. The highest BCUT2D eigenvalue weighted by molar-refractivity contribution is 9.10. The van der Waals surface area contributed by atoms with E-state index in [2.05, 4.69) is 21.4 Å². The topological polar surface area (TPSA) is 66.5 Å². The molecule has 0 saturated carbocycles. The Balaban J connectivity index is 1.85. The molecule has 1 aliphatic heterocycles. The number of imide groups is 1. The van der Waals surface area contributed by atoms with Crippen LogP contribution in [0, 0.1) is 0 Å². The van der Waals surface area contributed by atoms with E-state index in [-0.39, 0.29) is 11.1 Å². The molecule has 0 aliphatic carbocycles. The summed E-state index contributed by atoms with van der Waals surface area (Å²) in [6.07, 6.45) is 0. The first-order valence-corrected chi connectivity index (χ1v) is 7.39. The van der Waals surface area contributed by atoms with Gasteiger partial charge in [-0.15, -0.1) is 0 Å². The Hall–Kier alpha value is -2.18. The van der Waals surface area contributed by atoms with Gasteiger partial charge < -0.3 is 0 Å². The molecule has 3 rings (SSSR count). The summed E-state index contributed by atoms with van der Waals surface area (Å²) < 4.78 is 0.679. The number of hydrazine groups is 1. The van der Waals surface area contributed by atoms with Crippen molar-refractivity contribution in [1.82, 2.24) is 10.4 Å². The first-order chi connectivity index (χ1) is 10.5. The van der Waals surface area contributed by atoms with Crippen molar-refractivity contribution in [2.75, 3.05) is 0 Å². The number of hydrogen-bond acceptors (Lipinski definition) is 3. The van der Waals surface area contributed by atoms with Gasteiger partial charge in [0.2, 0.25) is 0 Å². The second-order valence-electron chi connectivity index (χ2n) is 4.58. The standard InChI is InChI=1S/C15H8BrClN2O3/c16-9-3-6-11-12(7-9)15(22)19(14(11)21)18-13(20)8-1-4-10(17)5-2-8/h1-7H,(H,18,20). The molecule has 1 aliphatic rings. The molecular weight excluding hydrogens is 372 g/mol. The van der Waals surface area contributed by atoms with Crippen LogP contribution in [0.15, 0.2) is 46.9 Å². The molecule has 22 heavy (non-hydrogen) atoms. The van der Waals surface area contributed by atoms with Crippen LogP contribution in [-0.4, -0.2) is 22.7 Å². The number of nitrogens with one attached hydrogen (secondary N) is 1. The molecule has 110 valence electrons. The van der Waals surface area contributed by atoms with Gasteiger partial charge in [0.15, 0.2) is 0 Å². The van der Waals surface area contributed by atoms with Gasteiger partial charge in [0.05, 0.1) is 11.1 Å². The number of amides is 3. The lowest BCUT2D eigenvalue weighted by Crippen LogP contribution is -2.45. The van der Waals surface area contributed by atoms with Crippen molar-refractivity contribution in [3.63, 3.8) is 0 Å². The van der Waals surface area contributed by atoms with Gasteiger partial charge in [-0.2, -0.15) is 5.01 Å². The van der Waals surface area contributed by atoms with Gasteiger partial charge in [0.25, 0.3) is 17.7 Å². The molecule has 0 saturated heterocycles. The number of carbonyl (C=O) groups is 3. The van der Waals surface area contributed by atoms with Crippen LogP contribution < -0.4 is 5.43 Å². The van der Waals surface area contributed by atoms with Crippen LogP contribution in [0.5, 0.6) is 0 Å². The summed E-state index contributed by atoms with van der Waals surface area (Å²) in [5.41, 5.74) is 3.11. The van der Waals surface area contributed by atoms with E-state index in [4.69, 9.17) is 11.6 Å². The number of fused-ring (bicyclic) bond motifs is 1. The molecule has 0 spiro atoms. The summed E-state index contributed by atoms with van der Waals surface area (Å²) >= 11 is 9.00. The Labute approximate surface area is 139 Å². The molecule has 1 heterocycles. The van der Waals surface area contributed by atoms with E-state index in [1.807, 2.05) is 0 Å². The zero-order chi connectivity index (χ0) is 15.9. The largest absolute Gasteiger partial charge is 0.280 e. The maximum absolute atomic E-state index is 12.2. The number of rotatable bonds is 2. The van der Waals surface area contributed by atoms with Crippen LogP contribution >= 0.6 is 27.5 Å². The Bertz CT molecular complexity index is 805. The second kappa shape index (κ2) is 5.55. The van der Waals surface area contributed by atoms with E-state index >= 15 is 0 Å². The molecule has 0 fully saturated rings. The highest BCUT2D eigenvalue weighted by Crippen LogP contribution is 2.25. The highest BCUT2D eigenvalue weighted by atomic mass is 79.9. The van der Waals surface area contributed by atoms with E-state index in [1.165, 1.54) is 18.2 Å². The number of benzene rings is 2. The van der Waals surface area contributed by atoms with E-state index in [1.54, 1.807) is 24.3 Å². The number of nitrogens with zero attached hydrogens (tertiary/aromatic N) is 1. The molecular formula is C15H8BrClN2O3.